The third-order valence-electron chi connectivity index (χ3n) is 4.25. The van der Waals surface area contributed by atoms with Crippen LogP contribution in [0.3, 0.4) is 0 Å². The van der Waals surface area contributed by atoms with Crippen LogP contribution in [0.5, 0.6) is 5.75 Å². The number of hydrogen-bond donors (Lipinski definition) is 1. The number of ether oxygens (including phenoxy) is 1. The zero-order valence-electron chi connectivity index (χ0n) is 13.4. The van der Waals surface area contributed by atoms with Crippen LogP contribution in [0.25, 0.3) is 0 Å². The molecule has 114 valence electrons. The van der Waals surface area contributed by atoms with Gasteiger partial charge in [-0.2, -0.15) is 5.26 Å². The molecule has 1 N–H and O–H groups in total. The second-order valence-corrected chi connectivity index (χ2v) is 6.33. The van der Waals surface area contributed by atoms with Gasteiger partial charge in [-0.25, -0.2) is 0 Å². The summed E-state index contributed by atoms with van der Waals surface area (Å²) in [6, 6.07) is 10.8. The molecule has 1 aliphatic rings. The Morgan fingerprint density at radius 3 is 2.67 bits per heavy atom. The summed E-state index contributed by atoms with van der Waals surface area (Å²) in [7, 11) is 0. The average molecular weight is 286 g/mol. The molecule has 0 aromatic heterocycles. The van der Waals surface area contributed by atoms with Crippen LogP contribution in [-0.2, 0) is 0 Å². The first-order valence-corrected chi connectivity index (χ1v) is 8.01. The molecule has 1 aromatic rings. The van der Waals surface area contributed by atoms with Crippen molar-refractivity contribution >= 4 is 0 Å². The van der Waals surface area contributed by atoms with Gasteiger partial charge in [-0.3, -0.25) is 5.32 Å². The third-order valence-corrected chi connectivity index (χ3v) is 4.25. The molecule has 0 bridgehead atoms. The van der Waals surface area contributed by atoms with E-state index in [0.29, 0.717) is 5.92 Å². The maximum absolute atomic E-state index is 9.46. The fraction of sp³-hybridized carbons (Fsp3) is 0.611. The van der Waals surface area contributed by atoms with Gasteiger partial charge in [0.2, 0.25) is 0 Å². The monoisotopic (exact) mass is 286 g/mol. The van der Waals surface area contributed by atoms with Gasteiger partial charge in [-0.1, -0.05) is 32.9 Å². The molecule has 21 heavy (non-hydrogen) atoms. The standard InChI is InChI=1S/C18H26N2O/c1-4-11-20-18(13-19)10-9-17(12-18)21-16-7-5-15(6-8-16)14(2)3/h5-8,14,17,20H,4,9-12H2,1-3H3. The van der Waals surface area contributed by atoms with E-state index in [4.69, 9.17) is 4.74 Å². The lowest BCUT2D eigenvalue weighted by atomic mass is 9.99. The Morgan fingerprint density at radius 2 is 2.10 bits per heavy atom. The van der Waals surface area contributed by atoms with E-state index in [1.165, 1.54) is 5.56 Å². The highest BCUT2D eigenvalue weighted by Gasteiger charge is 2.40. The minimum absolute atomic E-state index is 0.138. The van der Waals surface area contributed by atoms with Crippen LogP contribution >= 0.6 is 0 Å². The third kappa shape index (κ3) is 3.98. The Bertz CT molecular complexity index is 489. The fourth-order valence-electron chi connectivity index (χ4n) is 2.89. The molecule has 0 saturated heterocycles. The van der Waals surface area contributed by atoms with Crippen molar-refractivity contribution in [3.8, 4) is 11.8 Å². The zero-order valence-corrected chi connectivity index (χ0v) is 13.4. The minimum Gasteiger partial charge on any atom is -0.490 e. The number of nitrogens with zero attached hydrogens (tertiary/aromatic N) is 1. The highest BCUT2D eigenvalue weighted by molar-refractivity contribution is 5.29. The maximum Gasteiger partial charge on any atom is 0.119 e. The normalized spacial score (nSPS) is 25.0. The van der Waals surface area contributed by atoms with Gasteiger partial charge in [0.15, 0.2) is 0 Å². The van der Waals surface area contributed by atoms with Crippen molar-refractivity contribution in [2.45, 2.75) is 64.0 Å². The SMILES string of the molecule is CCCNC1(C#N)CCC(Oc2ccc(C(C)C)cc2)C1. The van der Waals surface area contributed by atoms with E-state index in [9.17, 15) is 5.26 Å². The van der Waals surface area contributed by atoms with Crippen LogP contribution in [0.15, 0.2) is 24.3 Å². The van der Waals surface area contributed by atoms with Crippen molar-refractivity contribution in [1.82, 2.24) is 5.32 Å². The van der Waals surface area contributed by atoms with E-state index in [1.807, 2.05) is 12.1 Å². The molecular formula is C18H26N2O. The van der Waals surface area contributed by atoms with Gasteiger partial charge in [0, 0.05) is 6.42 Å². The molecule has 1 aliphatic carbocycles. The molecule has 0 heterocycles. The van der Waals surface area contributed by atoms with Crippen molar-refractivity contribution in [1.29, 1.82) is 5.26 Å². The number of nitrogens with one attached hydrogen (secondary N) is 1. The van der Waals surface area contributed by atoms with E-state index in [2.05, 4.69) is 44.3 Å². The Hall–Kier alpha value is -1.53. The van der Waals surface area contributed by atoms with E-state index < -0.39 is 5.54 Å². The molecule has 1 saturated carbocycles. The van der Waals surface area contributed by atoms with Crippen molar-refractivity contribution in [2.75, 3.05) is 6.54 Å². The topological polar surface area (TPSA) is 45.0 Å². The van der Waals surface area contributed by atoms with Crippen LogP contribution in [0.1, 0.15) is 57.9 Å². The highest BCUT2D eigenvalue weighted by atomic mass is 16.5. The van der Waals surface area contributed by atoms with E-state index in [0.717, 1.165) is 38.0 Å². The molecule has 3 nitrogen and oxygen atoms in total. The van der Waals surface area contributed by atoms with Crippen molar-refractivity contribution in [2.24, 2.45) is 0 Å². The smallest absolute Gasteiger partial charge is 0.119 e. The van der Waals surface area contributed by atoms with E-state index >= 15 is 0 Å². The number of hydrogen-bond acceptors (Lipinski definition) is 3. The highest BCUT2D eigenvalue weighted by Crippen LogP contribution is 2.32. The molecule has 2 rings (SSSR count). The maximum atomic E-state index is 9.46. The largest absolute Gasteiger partial charge is 0.490 e. The van der Waals surface area contributed by atoms with Crippen molar-refractivity contribution in [3.63, 3.8) is 0 Å². The van der Waals surface area contributed by atoms with Gasteiger partial charge in [0.1, 0.15) is 17.4 Å². The van der Waals surface area contributed by atoms with Crippen LogP contribution in [0.4, 0.5) is 0 Å². The molecule has 0 spiro atoms. The number of nitriles is 1. The molecule has 1 fully saturated rings. The lowest BCUT2D eigenvalue weighted by Gasteiger charge is -2.22. The van der Waals surface area contributed by atoms with Gasteiger partial charge in [-0.15, -0.1) is 0 Å². The fourth-order valence-corrected chi connectivity index (χ4v) is 2.89. The van der Waals surface area contributed by atoms with Crippen LogP contribution in [-0.4, -0.2) is 18.2 Å². The summed E-state index contributed by atoms with van der Waals surface area (Å²) in [6.07, 6.45) is 3.77. The lowest BCUT2D eigenvalue weighted by Crippen LogP contribution is -2.42. The predicted octanol–water partition coefficient (Wildman–Crippen LogP) is 4.00. The number of benzene rings is 1. The first-order chi connectivity index (χ1) is 10.1. The van der Waals surface area contributed by atoms with E-state index in [-0.39, 0.29) is 6.10 Å². The van der Waals surface area contributed by atoms with Gasteiger partial charge in [0.25, 0.3) is 0 Å². The molecular weight excluding hydrogens is 260 g/mol. The van der Waals surface area contributed by atoms with E-state index in [1.54, 1.807) is 0 Å². The van der Waals surface area contributed by atoms with Gasteiger partial charge < -0.3 is 4.74 Å². The van der Waals surface area contributed by atoms with Gasteiger partial charge >= 0.3 is 0 Å². The Kier molecular flexibility index (Phi) is 5.25. The van der Waals surface area contributed by atoms with Gasteiger partial charge in [0.05, 0.1) is 6.07 Å². The summed E-state index contributed by atoms with van der Waals surface area (Å²) >= 11 is 0. The molecule has 2 atom stereocenters. The molecule has 1 aromatic carbocycles. The summed E-state index contributed by atoms with van der Waals surface area (Å²) in [5.74, 6) is 1.45. The molecule has 0 radical (unpaired) electrons. The Morgan fingerprint density at radius 1 is 1.38 bits per heavy atom. The van der Waals surface area contributed by atoms with Crippen molar-refractivity contribution < 1.29 is 4.74 Å². The Balaban J connectivity index is 1.94. The second-order valence-electron chi connectivity index (χ2n) is 6.33. The molecule has 3 heteroatoms. The quantitative estimate of drug-likeness (QED) is 0.859. The molecule has 0 amide bonds. The zero-order chi connectivity index (χ0) is 15.3. The predicted molar refractivity (Wildman–Crippen MR) is 85.4 cm³/mol. The molecule has 2 unspecified atom stereocenters. The summed E-state index contributed by atoms with van der Waals surface area (Å²) in [6.45, 7) is 7.39. The first kappa shape index (κ1) is 15.9. The van der Waals surface area contributed by atoms with Gasteiger partial charge in [-0.05, 0) is 49.4 Å². The summed E-state index contributed by atoms with van der Waals surface area (Å²) < 4.78 is 6.06. The summed E-state index contributed by atoms with van der Waals surface area (Å²) in [5.41, 5.74) is 0.934. The second kappa shape index (κ2) is 6.95. The van der Waals surface area contributed by atoms with Crippen LogP contribution < -0.4 is 10.1 Å². The lowest BCUT2D eigenvalue weighted by molar-refractivity contribution is 0.201. The van der Waals surface area contributed by atoms with Crippen molar-refractivity contribution in [3.05, 3.63) is 29.8 Å². The Labute approximate surface area is 128 Å². The minimum atomic E-state index is -0.390. The molecule has 0 aliphatic heterocycles. The average Bonchev–Trinajstić information content (AvgIpc) is 2.89. The summed E-state index contributed by atoms with van der Waals surface area (Å²) in [5, 5.41) is 12.8. The first-order valence-electron chi connectivity index (χ1n) is 8.01. The van der Waals surface area contributed by atoms with Crippen LogP contribution in [0.2, 0.25) is 0 Å². The van der Waals surface area contributed by atoms with Crippen LogP contribution in [0, 0.1) is 11.3 Å². The number of rotatable bonds is 6. The summed E-state index contributed by atoms with van der Waals surface area (Å²) in [4.78, 5) is 0.